The number of anilines is 3. The number of benzene rings is 2. The Morgan fingerprint density at radius 1 is 1.13 bits per heavy atom. The van der Waals surface area contributed by atoms with E-state index in [1.807, 2.05) is 61.2 Å². The number of para-hydroxylation sites is 1. The van der Waals surface area contributed by atoms with Crippen LogP contribution < -0.4 is 15.5 Å². The van der Waals surface area contributed by atoms with Crippen molar-refractivity contribution < 1.29 is 9.59 Å². The summed E-state index contributed by atoms with van der Waals surface area (Å²) in [7, 11) is 0. The molecular weight excluding hydrogens is 378 g/mol. The van der Waals surface area contributed by atoms with Gasteiger partial charge in [-0.25, -0.2) is 9.78 Å². The lowest BCUT2D eigenvalue weighted by Crippen LogP contribution is -2.36. The first-order chi connectivity index (χ1) is 14.4. The number of hydrogen-bond donors (Lipinski definition) is 3. The first-order valence-corrected chi connectivity index (χ1v) is 10.4. The van der Waals surface area contributed by atoms with Gasteiger partial charge in [0.05, 0.1) is 22.1 Å². The Labute approximate surface area is 175 Å². The molecule has 156 valence electrons. The molecule has 0 fully saturated rings. The van der Waals surface area contributed by atoms with Crippen molar-refractivity contribution in [3.05, 3.63) is 48.0 Å². The predicted octanol–water partition coefficient (Wildman–Crippen LogP) is 5.02. The average molecular weight is 406 g/mol. The monoisotopic (exact) mass is 405 g/mol. The zero-order valence-corrected chi connectivity index (χ0v) is 17.6. The summed E-state index contributed by atoms with van der Waals surface area (Å²) in [5, 5.41) is 5.51. The maximum absolute atomic E-state index is 13.0. The number of hydrogen-bond acceptors (Lipinski definition) is 3. The standard InChI is InChI=1S/C23H27N5O2/c1-4-5-9-12-28-19-14-18-17(13-16(19)23(2,3)20(28)29)25-21(26-18)27-22(30)24-15-10-7-6-8-11-15/h6-8,10-11,13-14H,4-5,9,12H2,1-3H3,(H3,24,25,26,27,30). The number of nitrogens with zero attached hydrogens (tertiary/aromatic N) is 2. The third kappa shape index (κ3) is 3.63. The van der Waals surface area contributed by atoms with Crippen molar-refractivity contribution in [1.29, 1.82) is 0 Å². The van der Waals surface area contributed by atoms with Crippen molar-refractivity contribution in [3.63, 3.8) is 0 Å². The molecule has 7 nitrogen and oxygen atoms in total. The Balaban J connectivity index is 1.59. The van der Waals surface area contributed by atoms with Crippen molar-refractivity contribution in [3.8, 4) is 0 Å². The van der Waals surface area contributed by atoms with Crippen molar-refractivity contribution in [2.45, 2.75) is 45.4 Å². The highest BCUT2D eigenvalue weighted by Crippen LogP contribution is 2.43. The SMILES string of the molecule is CCCCCN1C(=O)C(C)(C)c2cc3[nH]c(NC(=O)Nc4ccccc4)nc3cc21. The van der Waals surface area contributed by atoms with E-state index in [1.54, 1.807) is 0 Å². The van der Waals surface area contributed by atoms with Crippen LogP contribution in [-0.4, -0.2) is 28.5 Å². The van der Waals surface area contributed by atoms with Crippen LogP contribution in [0.15, 0.2) is 42.5 Å². The van der Waals surface area contributed by atoms with Crippen LogP contribution >= 0.6 is 0 Å². The van der Waals surface area contributed by atoms with E-state index in [-0.39, 0.29) is 11.9 Å². The first kappa shape index (κ1) is 19.9. The maximum Gasteiger partial charge on any atom is 0.326 e. The van der Waals surface area contributed by atoms with Crippen LogP contribution in [-0.2, 0) is 10.2 Å². The summed E-state index contributed by atoms with van der Waals surface area (Å²) in [5.41, 5.74) is 3.53. The molecule has 2 heterocycles. The lowest BCUT2D eigenvalue weighted by atomic mass is 9.86. The van der Waals surface area contributed by atoms with Crippen LogP contribution in [0.25, 0.3) is 11.0 Å². The molecule has 3 aromatic rings. The number of rotatable bonds is 6. The highest BCUT2D eigenvalue weighted by Gasteiger charge is 2.43. The summed E-state index contributed by atoms with van der Waals surface area (Å²) in [6.45, 7) is 6.79. The Bertz CT molecular complexity index is 1090. The van der Waals surface area contributed by atoms with Gasteiger partial charge in [0, 0.05) is 12.2 Å². The van der Waals surface area contributed by atoms with E-state index in [9.17, 15) is 9.59 Å². The highest BCUT2D eigenvalue weighted by atomic mass is 16.2. The van der Waals surface area contributed by atoms with Gasteiger partial charge in [-0.05, 0) is 50.1 Å². The summed E-state index contributed by atoms with van der Waals surface area (Å²) in [6.07, 6.45) is 3.17. The average Bonchev–Trinajstić information content (AvgIpc) is 3.18. The van der Waals surface area contributed by atoms with Gasteiger partial charge < -0.3 is 15.2 Å². The second kappa shape index (κ2) is 7.82. The largest absolute Gasteiger partial charge is 0.326 e. The van der Waals surface area contributed by atoms with Gasteiger partial charge in [0.15, 0.2) is 0 Å². The van der Waals surface area contributed by atoms with Crippen LogP contribution in [0.1, 0.15) is 45.6 Å². The number of amides is 3. The number of fused-ring (bicyclic) bond motifs is 2. The Hall–Kier alpha value is -3.35. The van der Waals surface area contributed by atoms with Gasteiger partial charge in [-0.2, -0.15) is 0 Å². The molecule has 3 amide bonds. The van der Waals surface area contributed by atoms with E-state index in [0.29, 0.717) is 18.2 Å². The second-order valence-electron chi connectivity index (χ2n) is 8.21. The third-order valence-corrected chi connectivity index (χ3v) is 5.59. The fourth-order valence-corrected chi connectivity index (χ4v) is 3.92. The number of imidazole rings is 1. The zero-order valence-electron chi connectivity index (χ0n) is 17.6. The van der Waals surface area contributed by atoms with Crippen LogP contribution in [0, 0.1) is 0 Å². The number of unbranched alkanes of at least 4 members (excludes halogenated alkanes) is 2. The minimum absolute atomic E-state index is 0.127. The number of urea groups is 1. The third-order valence-electron chi connectivity index (χ3n) is 5.59. The topological polar surface area (TPSA) is 90.1 Å². The molecular formula is C23H27N5O2. The zero-order chi connectivity index (χ0) is 21.3. The molecule has 0 radical (unpaired) electrons. The van der Waals surface area contributed by atoms with Gasteiger partial charge in [0.1, 0.15) is 0 Å². The lowest BCUT2D eigenvalue weighted by Gasteiger charge is -2.20. The number of carbonyl (C=O) groups excluding carboxylic acids is 2. The molecule has 7 heteroatoms. The van der Waals surface area contributed by atoms with E-state index in [0.717, 1.165) is 41.5 Å². The highest BCUT2D eigenvalue weighted by molar-refractivity contribution is 6.09. The summed E-state index contributed by atoms with van der Waals surface area (Å²) < 4.78 is 0. The van der Waals surface area contributed by atoms with Gasteiger partial charge >= 0.3 is 6.03 Å². The number of aromatic amines is 1. The van der Waals surface area contributed by atoms with Gasteiger partial charge in [0.25, 0.3) is 0 Å². The quantitative estimate of drug-likeness (QED) is 0.503. The van der Waals surface area contributed by atoms with Gasteiger partial charge in [0.2, 0.25) is 11.9 Å². The molecule has 0 aliphatic carbocycles. The van der Waals surface area contributed by atoms with Crippen molar-refractivity contribution in [1.82, 2.24) is 9.97 Å². The lowest BCUT2D eigenvalue weighted by molar-refractivity contribution is -0.122. The first-order valence-electron chi connectivity index (χ1n) is 10.4. The minimum atomic E-state index is -0.584. The molecule has 0 atom stereocenters. The van der Waals surface area contributed by atoms with Crippen LogP contribution in [0.4, 0.5) is 22.1 Å². The molecule has 0 bridgehead atoms. The van der Waals surface area contributed by atoms with Gasteiger partial charge in [-0.15, -0.1) is 0 Å². The maximum atomic E-state index is 13.0. The van der Waals surface area contributed by atoms with Crippen molar-refractivity contribution >= 4 is 40.3 Å². The molecule has 0 unspecified atom stereocenters. The summed E-state index contributed by atoms with van der Waals surface area (Å²) in [6, 6.07) is 12.8. The molecule has 3 N–H and O–H groups in total. The summed E-state index contributed by atoms with van der Waals surface area (Å²) in [5.74, 6) is 0.491. The summed E-state index contributed by atoms with van der Waals surface area (Å²) in [4.78, 5) is 34.8. The van der Waals surface area contributed by atoms with Gasteiger partial charge in [-0.1, -0.05) is 38.0 Å². The Kier molecular flexibility index (Phi) is 5.20. The van der Waals surface area contributed by atoms with Crippen molar-refractivity contribution in [2.75, 3.05) is 22.1 Å². The Morgan fingerprint density at radius 2 is 1.90 bits per heavy atom. The predicted molar refractivity (Wildman–Crippen MR) is 120 cm³/mol. The smallest absolute Gasteiger partial charge is 0.324 e. The number of carbonyl (C=O) groups is 2. The number of H-pyrrole nitrogens is 1. The van der Waals surface area contributed by atoms with E-state index < -0.39 is 5.41 Å². The normalized spacial score (nSPS) is 14.8. The van der Waals surface area contributed by atoms with E-state index in [4.69, 9.17) is 0 Å². The number of nitrogens with one attached hydrogen (secondary N) is 3. The molecule has 1 aromatic heterocycles. The van der Waals surface area contributed by atoms with Gasteiger partial charge in [-0.3, -0.25) is 10.1 Å². The van der Waals surface area contributed by atoms with E-state index >= 15 is 0 Å². The molecule has 1 aliphatic rings. The minimum Gasteiger partial charge on any atom is -0.324 e. The van der Waals surface area contributed by atoms with Crippen molar-refractivity contribution in [2.24, 2.45) is 0 Å². The second-order valence-corrected chi connectivity index (χ2v) is 8.21. The van der Waals surface area contributed by atoms with E-state index in [1.165, 1.54) is 0 Å². The van der Waals surface area contributed by atoms with E-state index in [2.05, 4.69) is 27.5 Å². The number of aromatic nitrogens is 2. The van der Waals surface area contributed by atoms with Crippen LogP contribution in [0.2, 0.25) is 0 Å². The molecule has 0 spiro atoms. The molecule has 2 aromatic carbocycles. The van der Waals surface area contributed by atoms with Crippen LogP contribution in [0.5, 0.6) is 0 Å². The fraction of sp³-hybridized carbons (Fsp3) is 0.348. The molecule has 0 saturated carbocycles. The molecule has 1 aliphatic heterocycles. The summed E-state index contributed by atoms with van der Waals surface area (Å²) >= 11 is 0. The fourth-order valence-electron chi connectivity index (χ4n) is 3.92. The molecule has 4 rings (SSSR count). The van der Waals surface area contributed by atoms with Crippen LogP contribution in [0.3, 0.4) is 0 Å². The Morgan fingerprint density at radius 3 is 2.63 bits per heavy atom. The molecule has 0 saturated heterocycles. The molecule has 30 heavy (non-hydrogen) atoms.